The van der Waals surface area contributed by atoms with E-state index in [0.29, 0.717) is 27.4 Å². The number of hydrogen-bond donors (Lipinski definition) is 0. The first kappa shape index (κ1) is 22.5. The molecule has 5 aliphatic carbocycles. The quantitative estimate of drug-likeness (QED) is 0.380. The Hall–Kier alpha value is -0.330. The number of ketones is 1. The Morgan fingerprint density at radius 3 is 2.06 bits per heavy atom. The molecule has 5 aliphatic rings. The van der Waals surface area contributed by atoms with Gasteiger partial charge in [-0.3, -0.25) is 4.79 Å². The zero-order chi connectivity index (χ0) is 22.6. The molecule has 0 aromatic rings. The molecule has 0 radical (unpaired) electrons. The Kier molecular flexibility index (Phi) is 4.80. The van der Waals surface area contributed by atoms with Gasteiger partial charge in [-0.1, -0.05) is 55.4 Å². The lowest BCUT2D eigenvalue weighted by Crippen LogP contribution is -2.68. The van der Waals surface area contributed by atoms with Gasteiger partial charge in [-0.25, -0.2) is 0 Å². The SMILES string of the molecule is C[C@H]1[C@H](C)CC[C@]2(C)CC[C@]3(C)[C@H]4CC[C@@]5(C)[C@@H](CCC(=O)[C@@H]5C)[C@]4(C)CC[C@@]3(C)[C@H]12. The summed E-state index contributed by atoms with van der Waals surface area (Å²) < 4.78 is 0. The first-order valence-electron chi connectivity index (χ1n) is 13.9. The van der Waals surface area contributed by atoms with Crippen LogP contribution in [0.3, 0.4) is 0 Å². The van der Waals surface area contributed by atoms with Crippen LogP contribution in [0, 0.1) is 62.6 Å². The first-order valence-corrected chi connectivity index (χ1v) is 13.9. The molecule has 11 atom stereocenters. The third-order valence-corrected chi connectivity index (χ3v) is 14.0. The summed E-state index contributed by atoms with van der Waals surface area (Å²) in [4.78, 5) is 12.7. The Bertz CT molecular complexity index is 770. The van der Waals surface area contributed by atoms with E-state index in [1.165, 1.54) is 51.4 Å². The van der Waals surface area contributed by atoms with Crippen LogP contribution in [-0.4, -0.2) is 5.78 Å². The van der Waals surface area contributed by atoms with Gasteiger partial charge in [0.25, 0.3) is 0 Å². The number of carbonyl (C=O) groups excluding carboxylic acids is 1. The second-order valence-electron chi connectivity index (χ2n) is 14.7. The fourth-order valence-corrected chi connectivity index (χ4v) is 11.7. The van der Waals surface area contributed by atoms with Gasteiger partial charge < -0.3 is 0 Å². The maximum atomic E-state index is 12.7. The van der Waals surface area contributed by atoms with E-state index in [0.717, 1.165) is 42.4 Å². The summed E-state index contributed by atoms with van der Waals surface area (Å²) in [7, 11) is 0. The molecule has 0 unspecified atom stereocenters. The Morgan fingerprint density at radius 2 is 1.35 bits per heavy atom. The minimum atomic E-state index is 0.237. The molecular formula is C30H50O. The number of rotatable bonds is 0. The van der Waals surface area contributed by atoms with Crippen molar-refractivity contribution in [1.29, 1.82) is 0 Å². The first-order chi connectivity index (χ1) is 14.3. The van der Waals surface area contributed by atoms with Crippen molar-refractivity contribution in [3.63, 3.8) is 0 Å². The van der Waals surface area contributed by atoms with E-state index in [1.54, 1.807) is 0 Å². The van der Waals surface area contributed by atoms with Gasteiger partial charge in [-0.15, -0.1) is 0 Å². The summed E-state index contributed by atoms with van der Waals surface area (Å²) in [5.41, 5.74) is 2.15. The molecule has 31 heavy (non-hydrogen) atoms. The van der Waals surface area contributed by atoms with Gasteiger partial charge in [0.15, 0.2) is 0 Å². The molecule has 0 heterocycles. The molecule has 0 amide bonds. The normalized spacial score (nSPS) is 61.6. The van der Waals surface area contributed by atoms with Crippen LogP contribution in [0.2, 0.25) is 0 Å². The number of carbonyl (C=O) groups is 1. The van der Waals surface area contributed by atoms with Crippen LogP contribution in [0.4, 0.5) is 0 Å². The predicted octanol–water partition coefficient (Wildman–Crippen LogP) is 8.31. The molecule has 0 aromatic carbocycles. The van der Waals surface area contributed by atoms with Crippen LogP contribution < -0.4 is 0 Å². The maximum Gasteiger partial charge on any atom is 0.136 e. The molecule has 0 aliphatic heterocycles. The Balaban J connectivity index is 1.56. The van der Waals surface area contributed by atoms with Gasteiger partial charge in [0, 0.05) is 12.3 Å². The van der Waals surface area contributed by atoms with Crippen LogP contribution in [0.1, 0.15) is 120 Å². The molecule has 0 spiro atoms. The minimum absolute atomic E-state index is 0.237. The summed E-state index contributed by atoms with van der Waals surface area (Å²) in [6.07, 6.45) is 13.2. The van der Waals surface area contributed by atoms with E-state index in [1.807, 2.05) is 0 Å². The smallest absolute Gasteiger partial charge is 0.136 e. The summed E-state index contributed by atoms with van der Waals surface area (Å²) >= 11 is 0. The molecule has 5 rings (SSSR count). The summed E-state index contributed by atoms with van der Waals surface area (Å²) in [6.45, 7) is 20.8. The molecular weight excluding hydrogens is 376 g/mol. The van der Waals surface area contributed by atoms with Crippen LogP contribution >= 0.6 is 0 Å². The topological polar surface area (TPSA) is 17.1 Å². The lowest BCUT2D eigenvalue weighted by molar-refractivity contribution is -0.262. The summed E-state index contributed by atoms with van der Waals surface area (Å²) in [6, 6.07) is 0. The molecule has 0 saturated heterocycles. The third kappa shape index (κ3) is 2.59. The highest BCUT2D eigenvalue weighted by molar-refractivity contribution is 5.82. The van der Waals surface area contributed by atoms with E-state index in [2.05, 4.69) is 55.4 Å². The third-order valence-electron chi connectivity index (χ3n) is 14.0. The van der Waals surface area contributed by atoms with Crippen molar-refractivity contribution in [1.82, 2.24) is 0 Å². The summed E-state index contributed by atoms with van der Waals surface area (Å²) in [5, 5.41) is 0. The average molecular weight is 427 g/mol. The van der Waals surface area contributed by atoms with Crippen molar-refractivity contribution in [2.24, 2.45) is 62.6 Å². The highest BCUT2D eigenvalue weighted by atomic mass is 16.1. The Labute approximate surface area is 192 Å². The molecule has 0 aromatic heterocycles. The maximum absolute atomic E-state index is 12.7. The molecule has 1 nitrogen and oxygen atoms in total. The van der Waals surface area contributed by atoms with Crippen LogP contribution in [0.15, 0.2) is 0 Å². The standard InChI is InChI=1S/C30H50O/c1-19-11-13-26(4)15-17-29(7)24-12-14-27(5)21(3)22(31)9-10-23(27)28(24,6)16-18-30(29,8)25(26)20(19)2/h19-21,23-25H,9-18H2,1-8H3/t19-,20+,21+,23-,24+,25-,26-,27-,28+,29-,30+/m1/s1. The predicted molar refractivity (Wildman–Crippen MR) is 130 cm³/mol. The second kappa shape index (κ2) is 6.63. The van der Waals surface area contributed by atoms with Crippen molar-refractivity contribution in [3.8, 4) is 0 Å². The fraction of sp³-hybridized carbons (Fsp3) is 0.967. The van der Waals surface area contributed by atoms with Gasteiger partial charge in [0.05, 0.1) is 0 Å². The lowest BCUT2D eigenvalue weighted by atomic mass is 9.29. The molecule has 5 saturated carbocycles. The molecule has 1 heteroatoms. The van der Waals surface area contributed by atoms with E-state index in [9.17, 15) is 4.79 Å². The van der Waals surface area contributed by atoms with Crippen LogP contribution in [0.5, 0.6) is 0 Å². The highest BCUT2D eigenvalue weighted by Crippen LogP contribution is 2.78. The van der Waals surface area contributed by atoms with Crippen molar-refractivity contribution < 1.29 is 4.79 Å². The zero-order valence-corrected chi connectivity index (χ0v) is 21.9. The van der Waals surface area contributed by atoms with Crippen LogP contribution in [0.25, 0.3) is 0 Å². The van der Waals surface area contributed by atoms with E-state index in [4.69, 9.17) is 0 Å². The lowest BCUT2D eigenvalue weighted by Gasteiger charge is -2.75. The van der Waals surface area contributed by atoms with Crippen molar-refractivity contribution in [2.75, 3.05) is 0 Å². The number of Topliss-reactive ketones (excluding diaryl/α,β-unsaturated/α-hetero) is 1. The second-order valence-corrected chi connectivity index (χ2v) is 14.7. The number of fused-ring (bicyclic) bond motifs is 7. The van der Waals surface area contributed by atoms with Crippen LogP contribution in [-0.2, 0) is 4.79 Å². The van der Waals surface area contributed by atoms with E-state index < -0.39 is 0 Å². The average Bonchev–Trinajstić information content (AvgIpc) is 2.70. The molecule has 176 valence electrons. The van der Waals surface area contributed by atoms with Gasteiger partial charge in [-0.2, -0.15) is 0 Å². The highest BCUT2D eigenvalue weighted by Gasteiger charge is 2.71. The molecule has 5 fully saturated rings. The van der Waals surface area contributed by atoms with Gasteiger partial charge in [0.2, 0.25) is 0 Å². The van der Waals surface area contributed by atoms with Gasteiger partial charge in [0.1, 0.15) is 5.78 Å². The fourth-order valence-electron chi connectivity index (χ4n) is 11.7. The zero-order valence-electron chi connectivity index (χ0n) is 21.9. The van der Waals surface area contributed by atoms with Gasteiger partial charge >= 0.3 is 0 Å². The van der Waals surface area contributed by atoms with Crippen molar-refractivity contribution >= 4 is 5.78 Å². The van der Waals surface area contributed by atoms with E-state index >= 15 is 0 Å². The molecule has 0 N–H and O–H groups in total. The Morgan fingerprint density at radius 1 is 0.677 bits per heavy atom. The van der Waals surface area contributed by atoms with Gasteiger partial charge in [-0.05, 0) is 114 Å². The minimum Gasteiger partial charge on any atom is -0.299 e. The van der Waals surface area contributed by atoms with Crippen molar-refractivity contribution in [2.45, 2.75) is 120 Å². The van der Waals surface area contributed by atoms with E-state index in [-0.39, 0.29) is 11.3 Å². The van der Waals surface area contributed by atoms with Crippen molar-refractivity contribution in [3.05, 3.63) is 0 Å². The molecule has 0 bridgehead atoms. The monoisotopic (exact) mass is 426 g/mol. The summed E-state index contributed by atoms with van der Waals surface area (Å²) in [5.74, 6) is 5.01. The largest absolute Gasteiger partial charge is 0.299 e. The number of hydrogen-bond acceptors (Lipinski definition) is 1.